The molecular formula is C15H13BrO3S. The number of carboxylic acids is 1. The Kier molecular flexibility index (Phi) is 5.09. The predicted molar refractivity (Wildman–Crippen MR) is 83.7 cm³/mol. The molecule has 0 radical (unpaired) electrons. The maximum Gasteiger partial charge on any atom is 0.340 e. The second-order valence-corrected chi connectivity index (χ2v) is 5.82. The summed E-state index contributed by atoms with van der Waals surface area (Å²) in [4.78, 5) is 12.1. The summed E-state index contributed by atoms with van der Waals surface area (Å²) in [5.41, 5.74) is 1.19. The molecule has 0 unspecified atom stereocenters. The van der Waals surface area contributed by atoms with E-state index in [1.807, 2.05) is 30.5 Å². The number of ether oxygens (including phenoxy) is 1. The topological polar surface area (TPSA) is 46.5 Å². The molecule has 0 saturated carbocycles. The van der Waals surface area contributed by atoms with Crippen LogP contribution in [0.5, 0.6) is 5.75 Å². The lowest BCUT2D eigenvalue weighted by Gasteiger charge is -2.12. The van der Waals surface area contributed by atoms with Gasteiger partial charge in [0.05, 0.1) is 0 Å². The minimum atomic E-state index is -0.973. The van der Waals surface area contributed by atoms with E-state index in [1.54, 1.807) is 18.2 Å². The third-order valence-electron chi connectivity index (χ3n) is 2.71. The highest BCUT2D eigenvalue weighted by molar-refractivity contribution is 9.10. The Bertz CT molecular complexity index is 628. The lowest BCUT2D eigenvalue weighted by molar-refractivity contribution is 0.0687. The maximum atomic E-state index is 11.4. The fourth-order valence-corrected chi connectivity index (χ4v) is 2.85. The standard InChI is InChI=1S/C15H13BrO3S/c1-20-13-7-3-6-12(14(13)15(17)18)19-9-10-4-2-5-11(16)8-10/h2-8H,9H2,1H3,(H,17,18). The molecule has 0 aliphatic carbocycles. The van der Waals surface area contributed by atoms with Gasteiger partial charge in [-0.1, -0.05) is 34.1 Å². The van der Waals surface area contributed by atoms with Gasteiger partial charge in [0.25, 0.3) is 0 Å². The zero-order valence-corrected chi connectivity index (χ0v) is 13.2. The first-order valence-corrected chi connectivity index (χ1v) is 7.91. The van der Waals surface area contributed by atoms with Crippen LogP contribution in [0.2, 0.25) is 0 Å². The first-order chi connectivity index (χ1) is 9.61. The van der Waals surface area contributed by atoms with Gasteiger partial charge in [0.2, 0.25) is 0 Å². The van der Waals surface area contributed by atoms with E-state index in [9.17, 15) is 9.90 Å². The van der Waals surface area contributed by atoms with Crippen LogP contribution in [0.15, 0.2) is 51.8 Å². The molecule has 2 aromatic carbocycles. The average Bonchev–Trinajstić information content (AvgIpc) is 2.44. The van der Waals surface area contributed by atoms with Crippen molar-refractivity contribution < 1.29 is 14.6 Å². The summed E-state index contributed by atoms with van der Waals surface area (Å²) in [6.45, 7) is 0.331. The molecule has 0 saturated heterocycles. The Morgan fingerprint density at radius 2 is 2.05 bits per heavy atom. The van der Waals surface area contributed by atoms with Crippen molar-refractivity contribution in [2.75, 3.05) is 6.26 Å². The van der Waals surface area contributed by atoms with E-state index in [0.29, 0.717) is 17.3 Å². The van der Waals surface area contributed by atoms with Crippen molar-refractivity contribution in [1.82, 2.24) is 0 Å². The molecule has 104 valence electrons. The summed E-state index contributed by atoms with van der Waals surface area (Å²) in [5.74, 6) is -0.580. The van der Waals surface area contributed by atoms with E-state index < -0.39 is 5.97 Å². The number of hydrogen-bond donors (Lipinski definition) is 1. The number of aromatic carboxylic acids is 1. The number of thioether (sulfide) groups is 1. The van der Waals surface area contributed by atoms with Gasteiger partial charge in [-0.15, -0.1) is 11.8 Å². The van der Waals surface area contributed by atoms with E-state index in [2.05, 4.69) is 15.9 Å². The molecule has 0 heterocycles. The van der Waals surface area contributed by atoms with Gasteiger partial charge in [0.15, 0.2) is 0 Å². The van der Waals surface area contributed by atoms with Crippen LogP contribution in [0.1, 0.15) is 15.9 Å². The lowest BCUT2D eigenvalue weighted by Crippen LogP contribution is -2.05. The second kappa shape index (κ2) is 6.81. The molecule has 20 heavy (non-hydrogen) atoms. The van der Waals surface area contributed by atoms with E-state index in [0.717, 1.165) is 10.0 Å². The van der Waals surface area contributed by atoms with Crippen LogP contribution in [0, 0.1) is 0 Å². The normalized spacial score (nSPS) is 10.3. The average molecular weight is 353 g/mol. The van der Waals surface area contributed by atoms with E-state index in [4.69, 9.17) is 4.74 Å². The van der Waals surface area contributed by atoms with Crippen LogP contribution in [0.25, 0.3) is 0 Å². The number of benzene rings is 2. The number of halogens is 1. The highest BCUT2D eigenvalue weighted by Crippen LogP contribution is 2.29. The Hall–Kier alpha value is -1.46. The maximum absolute atomic E-state index is 11.4. The summed E-state index contributed by atoms with van der Waals surface area (Å²) in [5, 5.41) is 9.32. The van der Waals surface area contributed by atoms with Crippen LogP contribution >= 0.6 is 27.7 Å². The third-order valence-corrected chi connectivity index (χ3v) is 3.98. The molecule has 3 nitrogen and oxygen atoms in total. The van der Waals surface area contributed by atoms with Crippen LogP contribution in [-0.4, -0.2) is 17.3 Å². The Morgan fingerprint density at radius 3 is 2.70 bits per heavy atom. The zero-order valence-electron chi connectivity index (χ0n) is 10.8. The van der Waals surface area contributed by atoms with Gasteiger partial charge < -0.3 is 9.84 Å². The monoisotopic (exact) mass is 352 g/mol. The van der Waals surface area contributed by atoms with Crippen molar-refractivity contribution in [3.8, 4) is 5.75 Å². The van der Waals surface area contributed by atoms with Crippen LogP contribution in [0.3, 0.4) is 0 Å². The molecular weight excluding hydrogens is 340 g/mol. The van der Waals surface area contributed by atoms with E-state index in [1.165, 1.54) is 11.8 Å². The van der Waals surface area contributed by atoms with Crippen molar-refractivity contribution in [1.29, 1.82) is 0 Å². The highest BCUT2D eigenvalue weighted by Gasteiger charge is 2.16. The van der Waals surface area contributed by atoms with Crippen molar-refractivity contribution in [3.63, 3.8) is 0 Å². The molecule has 0 amide bonds. The summed E-state index contributed by atoms with van der Waals surface area (Å²) in [6, 6.07) is 13.0. The minimum absolute atomic E-state index is 0.218. The lowest BCUT2D eigenvalue weighted by atomic mass is 10.2. The molecule has 0 bridgehead atoms. The van der Waals surface area contributed by atoms with Crippen molar-refractivity contribution in [2.45, 2.75) is 11.5 Å². The fourth-order valence-electron chi connectivity index (χ4n) is 1.80. The zero-order chi connectivity index (χ0) is 14.5. The largest absolute Gasteiger partial charge is 0.488 e. The number of hydrogen-bond acceptors (Lipinski definition) is 3. The van der Waals surface area contributed by atoms with Crippen molar-refractivity contribution in [3.05, 3.63) is 58.1 Å². The van der Waals surface area contributed by atoms with Crippen LogP contribution in [-0.2, 0) is 6.61 Å². The summed E-state index contributed by atoms with van der Waals surface area (Å²) >= 11 is 4.79. The SMILES string of the molecule is CSc1cccc(OCc2cccc(Br)c2)c1C(=O)O. The van der Waals surface area contributed by atoms with Gasteiger partial charge in [-0.05, 0) is 36.1 Å². The molecule has 1 N–H and O–H groups in total. The minimum Gasteiger partial charge on any atom is -0.488 e. The van der Waals surface area contributed by atoms with Crippen molar-refractivity contribution >= 4 is 33.7 Å². The molecule has 0 atom stereocenters. The number of carbonyl (C=O) groups is 1. The van der Waals surface area contributed by atoms with E-state index in [-0.39, 0.29) is 5.56 Å². The summed E-state index contributed by atoms with van der Waals surface area (Å²) in [6.07, 6.45) is 1.85. The first-order valence-electron chi connectivity index (χ1n) is 5.89. The smallest absolute Gasteiger partial charge is 0.340 e. The second-order valence-electron chi connectivity index (χ2n) is 4.06. The Balaban J connectivity index is 2.23. The number of carboxylic acid groups (broad SMARTS) is 1. The molecule has 0 spiro atoms. The highest BCUT2D eigenvalue weighted by atomic mass is 79.9. The van der Waals surface area contributed by atoms with Gasteiger partial charge >= 0.3 is 5.97 Å². The van der Waals surface area contributed by atoms with Crippen LogP contribution < -0.4 is 4.74 Å². The molecule has 0 fully saturated rings. The van der Waals surface area contributed by atoms with E-state index >= 15 is 0 Å². The fraction of sp³-hybridized carbons (Fsp3) is 0.133. The quantitative estimate of drug-likeness (QED) is 0.807. The third kappa shape index (κ3) is 3.55. The molecule has 2 aromatic rings. The molecule has 5 heteroatoms. The Labute approximate surface area is 130 Å². The first kappa shape index (κ1) is 14.9. The van der Waals surface area contributed by atoms with Crippen molar-refractivity contribution in [2.24, 2.45) is 0 Å². The summed E-state index contributed by atoms with van der Waals surface area (Å²) in [7, 11) is 0. The van der Waals surface area contributed by atoms with Gasteiger partial charge in [-0.25, -0.2) is 4.79 Å². The van der Waals surface area contributed by atoms with Gasteiger partial charge in [-0.2, -0.15) is 0 Å². The number of rotatable bonds is 5. The molecule has 0 aliphatic heterocycles. The van der Waals surface area contributed by atoms with Gasteiger partial charge in [0, 0.05) is 9.37 Å². The molecule has 0 aliphatic rings. The van der Waals surface area contributed by atoms with Gasteiger partial charge in [0.1, 0.15) is 17.9 Å². The van der Waals surface area contributed by atoms with Gasteiger partial charge in [-0.3, -0.25) is 0 Å². The molecule has 0 aromatic heterocycles. The molecule has 2 rings (SSSR count). The van der Waals surface area contributed by atoms with Crippen LogP contribution in [0.4, 0.5) is 0 Å². The Morgan fingerprint density at radius 1 is 1.30 bits per heavy atom. The summed E-state index contributed by atoms with van der Waals surface area (Å²) < 4.78 is 6.63. The predicted octanol–water partition coefficient (Wildman–Crippen LogP) is 4.45.